The summed E-state index contributed by atoms with van der Waals surface area (Å²) in [6.07, 6.45) is 5.08. The maximum absolute atomic E-state index is 12.4. The molecule has 1 N–H and O–H groups in total. The highest BCUT2D eigenvalue weighted by atomic mass is 32.1. The van der Waals surface area contributed by atoms with Crippen molar-refractivity contribution in [2.24, 2.45) is 7.05 Å². The molecule has 25 heavy (non-hydrogen) atoms. The van der Waals surface area contributed by atoms with Gasteiger partial charge in [-0.25, -0.2) is 4.98 Å². The van der Waals surface area contributed by atoms with Crippen molar-refractivity contribution in [3.63, 3.8) is 0 Å². The van der Waals surface area contributed by atoms with Gasteiger partial charge in [0.1, 0.15) is 0 Å². The Kier molecular flexibility index (Phi) is 4.16. The molecule has 1 aliphatic carbocycles. The Balaban J connectivity index is 1.53. The number of amides is 1. The molecule has 4 rings (SSSR count). The van der Waals surface area contributed by atoms with E-state index in [1.807, 2.05) is 48.1 Å². The van der Waals surface area contributed by atoms with E-state index in [2.05, 4.69) is 22.3 Å². The van der Waals surface area contributed by atoms with Crippen molar-refractivity contribution >= 4 is 17.2 Å². The Morgan fingerprint density at radius 3 is 2.72 bits per heavy atom. The van der Waals surface area contributed by atoms with Gasteiger partial charge < -0.3 is 10.2 Å². The van der Waals surface area contributed by atoms with Gasteiger partial charge in [0.05, 0.1) is 16.7 Å². The summed E-state index contributed by atoms with van der Waals surface area (Å²) in [6, 6.07) is 0.141. The lowest BCUT2D eigenvalue weighted by molar-refractivity contribution is -0.127. The number of likely N-dealkylation sites (N-methyl/N-ethyl adjacent to an activating group) is 1. The fraction of sp³-hybridized carbons (Fsp3) is 0.611. The summed E-state index contributed by atoms with van der Waals surface area (Å²) in [5, 5.41) is 9.42. The molecule has 0 bridgehead atoms. The molecule has 2 atom stereocenters. The van der Waals surface area contributed by atoms with Crippen LogP contribution in [0.25, 0.3) is 0 Å². The summed E-state index contributed by atoms with van der Waals surface area (Å²) >= 11 is 1.81. The number of carbonyl (C=O) groups excluding carboxylic acids is 1. The van der Waals surface area contributed by atoms with E-state index in [9.17, 15) is 4.79 Å². The van der Waals surface area contributed by atoms with Crippen molar-refractivity contribution in [2.45, 2.75) is 57.7 Å². The monoisotopic (exact) mass is 359 g/mol. The first-order chi connectivity index (χ1) is 12.0. The second-order valence-corrected chi connectivity index (χ2v) is 8.43. The highest BCUT2D eigenvalue weighted by Gasteiger charge is 2.40. The average molecular weight is 359 g/mol. The van der Waals surface area contributed by atoms with Crippen LogP contribution in [0.15, 0.2) is 6.20 Å². The number of thiazole rings is 1. The van der Waals surface area contributed by atoms with E-state index < -0.39 is 0 Å². The second kappa shape index (κ2) is 6.21. The van der Waals surface area contributed by atoms with Crippen LogP contribution in [-0.4, -0.2) is 38.7 Å². The SMILES string of the molecule is Cc1nn(C)c(C)c1[C@H]1[C@H](NCc2cnc(C3CC3)s2)CC(=O)N1C. The zero-order valence-corrected chi connectivity index (χ0v) is 16.1. The molecule has 6 nitrogen and oxygen atoms in total. The smallest absolute Gasteiger partial charge is 0.224 e. The Labute approximate surface area is 152 Å². The van der Waals surface area contributed by atoms with Crippen LogP contribution in [0.3, 0.4) is 0 Å². The summed E-state index contributed by atoms with van der Waals surface area (Å²) < 4.78 is 1.91. The average Bonchev–Trinajstić information content (AvgIpc) is 3.19. The summed E-state index contributed by atoms with van der Waals surface area (Å²) in [4.78, 5) is 20.0. The Hall–Kier alpha value is -1.73. The number of rotatable bonds is 5. The molecule has 1 saturated carbocycles. The molecule has 0 aromatic carbocycles. The predicted octanol–water partition coefficient (Wildman–Crippen LogP) is 2.43. The zero-order chi connectivity index (χ0) is 17.7. The van der Waals surface area contributed by atoms with Crippen LogP contribution in [-0.2, 0) is 18.4 Å². The van der Waals surface area contributed by atoms with Gasteiger partial charge in [0.25, 0.3) is 0 Å². The fourth-order valence-corrected chi connectivity index (χ4v) is 4.86. The maximum atomic E-state index is 12.4. The Morgan fingerprint density at radius 2 is 2.08 bits per heavy atom. The number of nitrogens with one attached hydrogen (secondary N) is 1. The number of aromatic nitrogens is 3. The van der Waals surface area contributed by atoms with Crippen molar-refractivity contribution in [2.75, 3.05) is 7.05 Å². The minimum atomic E-state index is 0.0389. The lowest BCUT2D eigenvalue weighted by Crippen LogP contribution is -2.35. The minimum Gasteiger partial charge on any atom is -0.337 e. The number of nitrogens with zero attached hydrogens (tertiary/aromatic N) is 4. The highest BCUT2D eigenvalue weighted by molar-refractivity contribution is 7.11. The van der Waals surface area contributed by atoms with Gasteiger partial charge in [-0.2, -0.15) is 5.10 Å². The summed E-state index contributed by atoms with van der Waals surface area (Å²) in [6.45, 7) is 4.88. The molecule has 7 heteroatoms. The van der Waals surface area contributed by atoms with Gasteiger partial charge in [0.15, 0.2) is 0 Å². The summed E-state index contributed by atoms with van der Waals surface area (Å²) in [7, 11) is 3.86. The topological polar surface area (TPSA) is 63.1 Å². The van der Waals surface area contributed by atoms with Gasteiger partial charge in [0, 0.05) is 61.4 Å². The number of likely N-dealkylation sites (tertiary alicyclic amines) is 1. The molecular formula is C18H25N5OS. The molecule has 1 aliphatic heterocycles. The van der Waals surface area contributed by atoms with Crippen molar-refractivity contribution in [3.05, 3.63) is 33.0 Å². The molecule has 1 amide bonds. The highest BCUT2D eigenvalue weighted by Crippen LogP contribution is 2.42. The normalized spacial score (nSPS) is 23.7. The Bertz CT molecular complexity index is 806. The molecule has 2 aliphatic rings. The van der Waals surface area contributed by atoms with Gasteiger partial charge in [-0.05, 0) is 26.7 Å². The van der Waals surface area contributed by atoms with Gasteiger partial charge >= 0.3 is 0 Å². The summed E-state index contributed by atoms with van der Waals surface area (Å²) in [5.74, 6) is 0.888. The Morgan fingerprint density at radius 1 is 1.32 bits per heavy atom. The lowest BCUT2D eigenvalue weighted by Gasteiger charge is -2.26. The first kappa shape index (κ1) is 16.7. The lowest BCUT2D eigenvalue weighted by atomic mass is 9.98. The molecule has 2 aromatic heterocycles. The van der Waals surface area contributed by atoms with E-state index in [0.717, 1.165) is 17.9 Å². The third-order valence-electron chi connectivity index (χ3n) is 5.48. The molecule has 0 spiro atoms. The molecule has 2 fully saturated rings. The number of aryl methyl sites for hydroxylation is 2. The van der Waals surface area contributed by atoms with Crippen LogP contribution in [0.4, 0.5) is 0 Å². The second-order valence-electron chi connectivity index (χ2n) is 7.29. The van der Waals surface area contributed by atoms with Crippen LogP contribution < -0.4 is 5.32 Å². The van der Waals surface area contributed by atoms with E-state index >= 15 is 0 Å². The molecule has 2 aromatic rings. The van der Waals surface area contributed by atoms with E-state index in [4.69, 9.17) is 0 Å². The summed E-state index contributed by atoms with van der Waals surface area (Å²) in [5.41, 5.74) is 3.31. The van der Waals surface area contributed by atoms with Gasteiger partial charge in [-0.3, -0.25) is 9.48 Å². The first-order valence-electron chi connectivity index (χ1n) is 8.89. The van der Waals surface area contributed by atoms with Gasteiger partial charge in [-0.1, -0.05) is 0 Å². The van der Waals surface area contributed by atoms with Crippen LogP contribution in [0.2, 0.25) is 0 Å². The molecule has 1 saturated heterocycles. The maximum Gasteiger partial charge on any atom is 0.224 e. The third-order valence-corrected chi connectivity index (χ3v) is 6.64. The zero-order valence-electron chi connectivity index (χ0n) is 15.2. The van der Waals surface area contributed by atoms with E-state index in [-0.39, 0.29) is 18.0 Å². The van der Waals surface area contributed by atoms with E-state index in [0.29, 0.717) is 12.3 Å². The molecule has 0 unspecified atom stereocenters. The van der Waals surface area contributed by atoms with E-state index in [1.165, 1.54) is 28.3 Å². The number of hydrogen-bond acceptors (Lipinski definition) is 5. The predicted molar refractivity (Wildman–Crippen MR) is 97.5 cm³/mol. The van der Waals surface area contributed by atoms with Crippen molar-refractivity contribution in [3.8, 4) is 0 Å². The van der Waals surface area contributed by atoms with E-state index in [1.54, 1.807) is 0 Å². The third kappa shape index (κ3) is 3.00. The van der Waals surface area contributed by atoms with Crippen molar-refractivity contribution in [1.82, 2.24) is 25.0 Å². The number of hydrogen-bond donors (Lipinski definition) is 1. The molecule has 0 radical (unpaired) electrons. The van der Waals surface area contributed by atoms with Crippen molar-refractivity contribution in [1.29, 1.82) is 0 Å². The van der Waals surface area contributed by atoms with Crippen LogP contribution in [0.1, 0.15) is 58.1 Å². The molecule has 3 heterocycles. The quantitative estimate of drug-likeness (QED) is 0.891. The minimum absolute atomic E-state index is 0.0389. The first-order valence-corrected chi connectivity index (χ1v) is 9.71. The molecule has 134 valence electrons. The fourth-order valence-electron chi connectivity index (χ4n) is 3.82. The van der Waals surface area contributed by atoms with Crippen molar-refractivity contribution < 1.29 is 4.79 Å². The molecular weight excluding hydrogens is 334 g/mol. The largest absolute Gasteiger partial charge is 0.337 e. The number of carbonyl (C=O) groups is 1. The van der Waals surface area contributed by atoms with Crippen LogP contribution >= 0.6 is 11.3 Å². The van der Waals surface area contributed by atoms with Crippen LogP contribution in [0.5, 0.6) is 0 Å². The van der Waals surface area contributed by atoms with Crippen LogP contribution in [0, 0.1) is 13.8 Å². The standard InChI is InChI=1S/C18H25N5OS/c1-10-16(11(2)23(4)21-10)17-14(7-15(24)22(17)3)19-8-13-9-20-18(25-13)12-5-6-12/h9,12,14,17,19H,5-8H2,1-4H3/t14-,17-/m1/s1. The van der Waals surface area contributed by atoms with Gasteiger partial charge in [-0.15, -0.1) is 11.3 Å². The van der Waals surface area contributed by atoms with Gasteiger partial charge in [0.2, 0.25) is 5.91 Å².